The molecular formula is C51H49N11O3. The second-order valence-corrected chi connectivity index (χ2v) is 16.6. The number of aromatic nitrogens is 5. The summed E-state index contributed by atoms with van der Waals surface area (Å²) in [7, 11) is 0. The first kappa shape index (κ1) is 42.6. The molecule has 0 N–H and O–H groups in total. The number of ether oxygens (including phenoxy) is 1. The second-order valence-electron chi connectivity index (χ2n) is 16.6. The molecule has 3 aromatic heterocycles. The van der Waals surface area contributed by atoms with Gasteiger partial charge in [-0.05, 0) is 58.5 Å². The fourth-order valence-corrected chi connectivity index (χ4v) is 8.68. The first-order valence-corrected chi connectivity index (χ1v) is 22.0. The summed E-state index contributed by atoms with van der Waals surface area (Å²) in [6.45, 7) is 9.67. The van der Waals surface area contributed by atoms with Crippen LogP contribution in [-0.2, 0) is 32.6 Å². The summed E-state index contributed by atoms with van der Waals surface area (Å²) in [5, 5.41) is 19.9. The normalized spacial score (nSPS) is 15.0. The monoisotopic (exact) mass is 863 g/mol. The van der Waals surface area contributed by atoms with E-state index < -0.39 is 0 Å². The van der Waals surface area contributed by atoms with Gasteiger partial charge in [-0.15, -0.1) is 0 Å². The SMILES string of the molecule is N#Cc1ccc(Cn2cncc2CN2CCN(C(=O)c3cccc4c3OCC4)CC2)cc1.N#Cc1ccc(Cn2cncc2CN2CCN(C(=O)c3nccc4ccccc34)CC2)cc1. The lowest BCUT2D eigenvalue weighted by atomic mass is 10.1. The predicted molar refractivity (Wildman–Crippen MR) is 245 cm³/mol. The molecule has 2 fully saturated rings. The molecule has 0 radical (unpaired) electrons. The van der Waals surface area contributed by atoms with Crippen molar-refractivity contribution < 1.29 is 14.3 Å². The summed E-state index contributed by atoms with van der Waals surface area (Å²) in [6, 6.07) is 35.3. The fourth-order valence-electron chi connectivity index (χ4n) is 8.68. The Kier molecular flexibility index (Phi) is 13.0. The van der Waals surface area contributed by atoms with Gasteiger partial charge in [0.15, 0.2) is 0 Å². The van der Waals surface area contributed by atoms with E-state index in [4.69, 9.17) is 15.3 Å². The molecule has 2 amide bonds. The Bertz CT molecular complexity index is 2850. The number of pyridine rings is 1. The number of fused-ring (bicyclic) bond motifs is 2. The molecule has 7 aromatic rings. The molecule has 6 heterocycles. The lowest BCUT2D eigenvalue weighted by molar-refractivity contribution is 0.0615. The third-order valence-electron chi connectivity index (χ3n) is 12.4. The molecule has 326 valence electrons. The van der Waals surface area contributed by atoms with E-state index in [9.17, 15) is 9.59 Å². The van der Waals surface area contributed by atoms with E-state index in [1.165, 1.54) is 0 Å². The van der Waals surface area contributed by atoms with Crippen molar-refractivity contribution in [3.05, 3.63) is 179 Å². The Morgan fingerprint density at radius 3 is 1.72 bits per heavy atom. The van der Waals surface area contributed by atoms with Gasteiger partial charge in [0.05, 0.1) is 59.5 Å². The number of benzene rings is 4. The van der Waals surface area contributed by atoms with E-state index in [1.54, 1.807) is 6.20 Å². The van der Waals surface area contributed by atoms with Crippen LogP contribution < -0.4 is 4.74 Å². The topological polar surface area (TPSA) is 152 Å². The van der Waals surface area contributed by atoms with Crippen molar-refractivity contribution in [2.24, 2.45) is 0 Å². The van der Waals surface area contributed by atoms with Gasteiger partial charge in [0, 0.05) is 109 Å². The van der Waals surface area contributed by atoms with E-state index in [0.29, 0.717) is 61.7 Å². The second kappa shape index (κ2) is 19.8. The maximum absolute atomic E-state index is 13.2. The maximum atomic E-state index is 13.2. The largest absolute Gasteiger partial charge is 0.492 e. The Labute approximate surface area is 378 Å². The highest BCUT2D eigenvalue weighted by atomic mass is 16.5. The lowest BCUT2D eigenvalue weighted by Crippen LogP contribution is -2.48. The van der Waals surface area contributed by atoms with Crippen LogP contribution in [0.5, 0.6) is 5.75 Å². The number of imidazole rings is 2. The lowest BCUT2D eigenvalue weighted by Gasteiger charge is -2.35. The molecule has 14 nitrogen and oxygen atoms in total. The quantitative estimate of drug-likeness (QED) is 0.160. The number of carbonyl (C=O) groups is 2. The van der Waals surface area contributed by atoms with Crippen molar-refractivity contribution in [2.75, 3.05) is 59.0 Å². The molecule has 0 unspecified atom stereocenters. The molecule has 65 heavy (non-hydrogen) atoms. The Balaban J connectivity index is 0.000000164. The molecular weight excluding hydrogens is 815 g/mol. The van der Waals surface area contributed by atoms with Crippen LogP contribution in [-0.4, -0.2) is 114 Å². The van der Waals surface area contributed by atoms with Gasteiger partial charge < -0.3 is 23.7 Å². The van der Waals surface area contributed by atoms with Crippen LogP contribution in [0.3, 0.4) is 0 Å². The molecule has 0 bridgehead atoms. The Morgan fingerprint density at radius 1 is 0.600 bits per heavy atom. The van der Waals surface area contributed by atoms with E-state index >= 15 is 0 Å². The van der Waals surface area contributed by atoms with Crippen molar-refractivity contribution in [1.82, 2.24) is 43.7 Å². The zero-order valence-corrected chi connectivity index (χ0v) is 36.2. The number of piperazine rings is 2. The number of rotatable bonds is 10. The maximum Gasteiger partial charge on any atom is 0.273 e. The molecule has 3 aliphatic rings. The van der Waals surface area contributed by atoms with Gasteiger partial charge in [0.1, 0.15) is 11.4 Å². The Morgan fingerprint density at radius 2 is 1.15 bits per heavy atom. The van der Waals surface area contributed by atoms with Gasteiger partial charge in [-0.1, -0.05) is 60.7 Å². The third-order valence-corrected chi connectivity index (χ3v) is 12.4. The number of nitrogens with zero attached hydrogens (tertiary/aromatic N) is 11. The average molecular weight is 864 g/mol. The highest BCUT2D eigenvalue weighted by Crippen LogP contribution is 2.30. The number of hydrogen-bond donors (Lipinski definition) is 0. The predicted octanol–water partition coefficient (Wildman–Crippen LogP) is 6.01. The van der Waals surface area contributed by atoms with Crippen LogP contribution in [0, 0.1) is 22.7 Å². The summed E-state index contributed by atoms with van der Waals surface area (Å²) in [4.78, 5) is 47.9. The van der Waals surface area contributed by atoms with Gasteiger partial charge in [-0.25, -0.2) is 9.97 Å². The minimum Gasteiger partial charge on any atom is -0.492 e. The van der Waals surface area contributed by atoms with Gasteiger partial charge in [-0.2, -0.15) is 10.5 Å². The number of nitriles is 2. The van der Waals surface area contributed by atoms with Gasteiger partial charge in [0.2, 0.25) is 0 Å². The summed E-state index contributed by atoms with van der Waals surface area (Å²) < 4.78 is 10.0. The smallest absolute Gasteiger partial charge is 0.273 e. The average Bonchev–Trinajstić information content (AvgIpc) is 4.14. The molecule has 0 aliphatic carbocycles. The van der Waals surface area contributed by atoms with Crippen LogP contribution in [0.2, 0.25) is 0 Å². The summed E-state index contributed by atoms with van der Waals surface area (Å²) >= 11 is 0. The van der Waals surface area contributed by atoms with Crippen LogP contribution in [0.1, 0.15) is 60.1 Å². The van der Waals surface area contributed by atoms with Crippen molar-refractivity contribution >= 4 is 22.6 Å². The zero-order valence-electron chi connectivity index (χ0n) is 36.2. The molecule has 10 rings (SSSR count). The molecule has 0 saturated carbocycles. The highest BCUT2D eigenvalue weighted by Gasteiger charge is 2.28. The van der Waals surface area contributed by atoms with Crippen LogP contribution in [0.15, 0.2) is 128 Å². The minimum atomic E-state index is -0.00249. The Hall–Kier alpha value is -7.65. The van der Waals surface area contributed by atoms with Gasteiger partial charge >= 0.3 is 0 Å². The first-order valence-electron chi connectivity index (χ1n) is 22.0. The first-order chi connectivity index (χ1) is 31.9. The summed E-state index contributed by atoms with van der Waals surface area (Å²) in [5.74, 6) is 0.832. The van der Waals surface area contributed by atoms with E-state index in [0.717, 1.165) is 96.8 Å². The number of para-hydroxylation sites is 1. The molecule has 2 saturated heterocycles. The molecule has 3 aliphatic heterocycles. The summed E-state index contributed by atoms with van der Waals surface area (Å²) in [6.07, 6.45) is 10.1. The third kappa shape index (κ3) is 9.95. The van der Waals surface area contributed by atoms with Gasteiger partial charge in [0.25, 0.3) is 11.8 Å². The van der Waals surface area contributed by atoms with Crippen molar-refractivity contribution in [3.8, 4) is 17.9 Å². The van der Waals surface area contributed by atoms with E-state index in [-0.39, 0.29) is 11.8 Å². The molecule has 0 spiro atoms. The minimum absolute atomic E-state index is 0.00249. The number of carbonyl (C=O) groups excluding carboxylic acids is 2. The van der Waals surface area contributed by atoms with Crippen molar-refractivity contribution in [3.63, 3.8) is 0 Å². The van der Waals surface area contributed by atoms with Crippen molar-refractivity contribution in [2.45, 2.75) is 32.6 Å². The van der Waals surface area contributed by atoms with E-state index in [1.807, 2.05) is 132 Å². The number of amides is 2. The van der Waals surface area contributed by atoms with Crippen LogP contribution in [0.4, 0.5) is 0 Å². The van der Waals surface area contributed by atoms with Crippen LogP contribution in [0.25, 0.3) is 10.8 Å². The summed E-state index contributed by atoms with van der Waals surface area (Å²) in [5.41, 5.74) is 8.22. The standard InChI is InChI=1S/C26H24N6O.C25H25N5O2/c27-15-20-5-7-21(8-6-20)17-32-19-28-16-23(32)18-30-11-13-31(14-12-30)26(33)25-24-4-2-1-3-22(24)9-10-29-25;26-14-19-4-6-20(7-5-19)16-30-18-27-15-22(30)17-28-9-11-29(12-10-28)25(31)23-3-1-2-21-8-13-32-24(21)23/h1-10,16,19H,11-14,17-18H2;1-7,15,18H,8-13,16-17H2. The fraction of sp³-hybridized carbons (Fsp3) is 0.275. The molecule has 14 heteroatoms. The van der Waals surface area contributed by atoms with Crippen molar-refractivity contribution in [1.29, 1.82) is 10.5 Å². The zero-order chi connectivity index (χ0) is 44.5. The van der Waals surface area contributed by atoms with Crippen LogP contribution >= 0.6 is 0 Å². The molecule has 0 atom stereocenters. The number of hydrogen-bond acceptors (Lipinski definition) is 10. The highest BCUT2D eigenvalue weighted by molar-refractivity contribution is 6.05. The molecule has 4 aromatic carbocycles. The van der Waals surface area contributed by atoms with E-state index in [2.05, 4.69) is 46.0 Å². The van der Waals surface area contributed by atoms with Gasteiger partial charge in [-0.3, -0.25) is 24.4 Å².